The second kappa shape index (κ2) is 3.58. The summed E-state index contributed by atoms with van der Waals surface area (Å²) in [7, 11) is 0. The molecule has 0 radical (unpaired) electrons. The molecule has 0 aromatic heterocycles. The summed E-state index contributed by atoms with van der Waals surface area (Å²) in [5.74, 6) is 0. The Labute approximate surface area is 107 Å². The molecule has 0 saturated carbocycles. The van der Waals surface area contributed by atoms with Crippen molar-refractivity contribution in [1.29, 1.82) is 0 Å². The molecule has 4 aliphatic rings. The summed E-state index contributed by atoms with van der Waals surface area (Å²) in [5, 5.41) is 0. The molecule has 4 aliphatic carbocycles. The van der Waals surface area contributed by atoms with Crippen LogP contribution >= 0.6 is 0 Å². The third kappa shape index (κ3) is 1.26. The SMILES string of the molecule is C1=CC2=CC=C(c3ccc4cccccc3-4)C2=C1. The van der Waals surface area contributed by atoms with Gasteiger partial charge < -0.3 is 0 Å². The van der Waals surface area contributed by atoms with Crippen LogP contribution in [0.2, 0.25) is 0 Å². The zero-order valence-corrected chi connectivity index (χ0v) is 9.93. The van der Waals surface area contributed by atoms with Crippen LogP contribution < -0.4 is 0 Å². The summed E-state index contributed by atoms with van der Waals surface area (Å²) in [6.07, 6.45) is 10.9. The van der Waals surface area contributed by atoms with Gasteiger partial charge in [0.05, 0.1) is 0 Å². The number of hydrogen-bond acceptors (Lipinski definition) is 0. The average Bonchev–Trinajstić information content (AvgIpc) is 3.02. The van der Waals surface area contributed by atoms with E-state index in [9.17, 15) is 0 Å². The van der Waals surface area contributed by atoms with E-state index in [1.165, 1.54) is 33.4 Å². The van der Waals surface area contributed by atoms with Gasteiger partial charge in [-0.25, -0.2) is 0 Å². The molecule has 0 amide bonds. The second-order valence-corrected chi connectivity index (χ2v) is 4.67. The van der Waals surface area contributed by atoms with Crippen LogP contribution in [0.5, 0.6) is 0 Å². The lowest BCUT2D eigenvalue weighted by Crippen LogP contribution is -1.85. The van der Waals surface area contributed by atoms with Crippen molar-refractivity contribution in [3.63, 3.8) is 0 Å². The van der Waals surface area contributed by atoms with E-state index in [-0.39, 0.29) is 0 Å². The van der Waals surface area contributed by atoms with Crippen LogP contribution in [0.15, 0.2) is 84.0 Å². The van der Waals surface area contributed by atoms with E-state index in [0.29, 0.717) is 0 Å². The largest absolute Gasteiger partial charge is 0.0622 e. The fourth-order valence-corrected chi connectivity index (χ4v) is 2.77. The molecule has 0 spiro atoms. The molecule has 0 heteroatoms. The van der Waals surface area contributed by atoms with Gasteiger partial charge in [-0.2, -0.15) is 0 Å². The minimum atomic E-state index is 1.30. The molecular weight excluding hydrogens is 216 g/mol. The molecule has 0 aromatic carbocycles. The van der Waals surface area contributed by atoms with Gasteiger partial charge in [0.25, 0.3) is 0 Å². The number of fused-ring (bicyclic) bond motifs is 2. The smallest absolute Gasteiger partial charge is 0.00990 e. The maximum Gasteiger partial charge on any atom is -0.00990 e. The van der Waals surface area contributed by atoms with Crippen LogP contribution in [-0.4, -0.2) is 0 Å². The summed E-state index contributed by atoms with van der Waals surface area (Å²) in [4.78, 5) is 0. The Morgan fingerprint density at radius 3 is 2.56 bits per heavy atom. The van der Waals surface area contributed by atoms with E-state index in [2.05, 4.69) is 72.8 Å². The Hall–Kier alpha value is -2.34. The first-order valence-electron chi connectivity index (χ1n) is 6.23. The minimum Gasteiger partial charge on any atom is -0.0622 e. The molecule has 0 saturated heterocycles. The Balaban J connectivity index is 1.88. The zero-order valence-electron chi connectivity index (χ0n) is 9.93. The predicted octanol–water partition coefficient (Wildman–Crippen LogP) is 4.61. The Morgan fingerprint density at radius 1 is 0.611 bits per heavy atom. The van der Waals surface area contributed by atoms with Gasteiger partial charge in [0.15, 0.2) is 0 Å². The van der Waals surface area contributed by atoms with Crippen molar-refractivity contribution in [3.05, 3.63) is 89.6 Å². The quantitative estimate of drug-likeness (QED) is 0.668. The van der Waals surface area contributed by atoms with Crippen LogP contribution in [0.4, 0.5) is 0 Å². The van der Waals surface area contributed by atoms with Gasteiger partial charge >= 0.3 is 0 Å². The first-order chi connectivity index (χ1) is 8.93. The third-order valence-corrected chi connectivity index (χ3v) is 3.65. The standard InChI is InChI=1S/C18H12/c1-2-5-13-9-11-17(15(13)7-3-1)18-12-10-14-6-4-8-16(14)18/h1-12H. The summed E-state index contributed by atoms with van der Waals surface area (Å²) in [5.41, 5.74) is 8.00. The highest BCUT2D eigenvalue weighted by atomic mass is 14.2. The molecule has 0 heterocycles. The number of allylic oxidation sites excluding steroid dienone is 8. The number of rotatable bonds is 1. The summed E-state index contributed by atoms with van der Waals surface area (Å²) in [6, 6.07) is 15.1. The maximum absolute atomic E-state index is 2.23. The van der Waals surface area contributed by atoms with Crippen LogP contribution in [-0.2, 0) is 0 Å². The minimum absolute atomic E-state index is 1.30. The van der Waals surface area contributed by atoms with Gasteiger partial charge in [0.1, 0.15) is 0 Å². The molecule has 0 aliphatic heterocycles. The predicted molar refractivity (Wildman–Crippen MR) is 76.3 cm³/mol. The average molecular weight is 228 g/mol. The lowest BCUT2D eigenvalue weighted by molar-refractivity contribution is 1.65. The Kier molecular flexibility index (Phi) is 1.92. The summed E-state index contributed by atoms with van der Waals surface area (Å²) >= 11 is 0. The van der Waals surface area contributed by atoms with E-state index >= 15 is 0 Å². The van der Waals surface area contributed by atoms with Crippen molar-refractivity contribution < 1.29 is 0 Å². The molecule has 0 unspecified atom stereocenters. The molecule has 0 fully saturated rings. The van der Waals surface area contributed by atoms with Crippen molar-refractivity contribution in [2.24, 2.45) is 0 Å². The van der Waals surface area contributed by atoms with Crippen LogP contribution in [0.25, 0.3) is 16.7 Å². The first-order valence-corrected chi connectivity index (χ1v) is 6.23. The molecule has 0 nitrogen and oxygen atoms in total. The van der Waals surface area contributed by atoms with E-state index in [1.807, 2.05) is 0 Å². The molecule has 0 atom stereocenters. The van der Waals surface area contributed by atoms with Gasteiger partial charge in [0.2, 0.25) is 0 Å². The van der Waals surface area contributed by atoms with Crippen molar-refractivity contribution in [3.8, 4) is 11.1 Å². The van der Waals surface area contributed by atoms with E-state index in [1.54, 1.807) is 0 Å². The second-order valence-electron chi connectivity index (χ2n) is 4.67. The highest BCUT2D eigenvalue weighted by Crippen LogP contribution is 2.42. The van der Waals surface area contributed by atoms with Gasteiger partial charge in [-0.15, -0.1) is 0 Å². The molecular formula is C18H12. The molecule has 0 aromatic rings. The van der Waals surface area contributed by atoms with Crippen molar-refractivity contribution >= 4 is 5.57 Å². The Morgan fingerprint density at radius 2 is 1.56 bits per heavy atom. The molecule has 18 heavy (non-hydrogen) atoms. The molecule has 84 valence electrons. The van der Waals surface area contributed by atoms with Crippen LogP contribution in [0.3, 0.4) is 0 Å². The molecule has 0 N–H and O–H groups in total. The Bertz CT molecular complexity index is 723. The summed E-state index contributed by atoms with van der Waals surface area (Å²) in [6.45, 7) is 0. The van der Waals surface area contributed by atoms with Gasteiger partial charge in [-0.05, 0) is 33.4 Å². The maximum atomic E-state index is 2.23. The topological polar surface area (TPSA) is 0 Å². The van der Waals surface area contributed by atoms with E-state index < -0.39 is 0 Å². The van der Waals surface area contributed by atoms with Crippen LogP contribution in [0, 0.1) is 0 Å². The fraction of sp³-hybridized carbons (Fsp3) is 0. The molecule has 0 bridgehead atoms. The third-order valence-electron chi connectivity index (χ3n) is 3.65. The monoisotopic (exact) mass is 228 g/mol. The van der Waals surface area contributed by atoms with Crippen molar-refractivity contribution in [2.75, 3.05) is 0 Å². The van der Waals surface area contributed by atoms with Gasteiger partial charge in [-0.3, -0.25) is 0 Å². The zero-order chi connectivity index (χ0) is 11.9. The highest BCUT2D eigenvalue weighted by Gasteiger charge is 2.20. The highest BCUT2D eigenvalue weighted by molar-refractivity contribution is 5.97. The normalized spacial score (nSPS) is 16.6. The van der Waals surface area contributed by atoms with Crippen LogP contribution in [0.1, 0.15) is 5.56 Å². The van der Waals surface area contributed by atoms with Gasteiger partial charge in [0, 0.05) is 0 Å². The van der Waals surface area contributed by atoms with E-state index in [0.717, 1.165) is 0 Å². The number of hydrogen-bond donors (Lipinski definition) is 0. The van der Waals surface area contributed by atoms with Gasteiger partial charge in [-0.1, -0.05) is 72.8 Å². The van der Waals surface area contributed by atoms with Crippen molar-refractivity contribution in [2.45, 2.75) is 0 Å². The molecule has 4 rings (SSSR count). The summed E-state index contributed by atoms with van der Waals surface area (Å²) < 4.78 is 0. The lowest BCUT2D eigenvalue weighted by atomic mass is 9.97. The lowest BCUT2D eigenvalue weighted by Gasteiger charge is -2.06. The first kappa shape index (κ1) is 9.67. The van der Waals surface area contributed by atoms with Crippen molar-refractivity contribution in [1.82, 2.24) is 0 Å². The fourth-order valence-electron chi connectivity index (χ4n) is 2.77. The van der Waals surface area contributed by atoms with E-state index in [4.69, 9.17) is 0 Å².